The first kappa shape index (κ1) is 19.5. The zero-order chi connectivity index (χ0) is 18.3. The number of rotatable bonds is 7. The third-order valence-electron chi connectivity index (χ3n) is 4.05. The molecule has 1 aromatic rings. The van der Waals surface area contributed by atoms with Crippen molar-refractivity contribution in [3.8, 4) is 5.75 Å². The number of sulfonamides is 1. The zero-order valence-electron chi connectivity index (χ0n) is 15.2. The number of benzene rings is 1. The largest absolute Gasteiger partial charge is 0.494 e. The number of hydrogen-bond acceptors (Lipinski definition) is 4. The summed E-state index contributed by atoms with van der Waals surface area (Å²) in [6.07, 6.45) is 0.711. The van der Waals surface area contributed by atoms with Crippen molar-refractivity contribution in [2.45, 2.75) is 26.8 Å². The molecule has 1 aromatic carbocycles. The molecule has 0 radical (unpaired) electrons. The number of aliphatic imine (C=N–C) groups is 1. The van der Waals surface area contributed by atoms with E-state index in [9.17, 15) is 8.42 Å². The molecule has 0 unspecified atom stereocenters. The fourth-order valence-corrected chi connectivity index (χ4v) is 4.27. The minimum Gasteiger partial charge on any atom is -0.494 e. The summed E-state index contributed by atoms with van der Waals surface area (Å²) in [4.78, 5) is 4.18. The van der Waals surface area contributed by atoms with Crippen LogP contribution in [0.15, 0.2) is 23.2 Å². The lowest BCUT2D eigenvalue weighted by atomic mass is 10.1. The summed E-state index contributed by atoms with van der Waals surface area (Å²) < 4.78 is 30.8. The lowest BCUT2D eigenvalue weighted by molar-refractivity contribution is 0.336. The van der Waals surface area contributed by atoms with Gasteiger partial charge in [-0.1, -0.05) is 12.1 Å². The average Bonchev–Trinajstić information content (AvgIpc) is 2.91. The van der Waals surface area contributed by atoms with Crippen molar-refractivity contribution in [1.82, 2.24) is 14.9 Å². The van der Waals surface area contributed by atoms with Crippen LogP contribution in [0.2, 0.25) is 0 Å². The quantitative estimate of drug-likeness (QED) is 0.556. The van der Waals surface area contributed by atoms with Crippen molar-refractivity contribution in [2.75, 3.05) is 39.0 Å². The number of aryl methyl sites for hydroxylation is 1. The molecule has 25 heavy (non-hydrogen) atoms. The second-order valence-corrected chi connectivity index (χ2v) is 8.05. The second-order valence-electron chi connectivity index (χ2n) is 5.97. The van der Waals surface area contributed by atoms with Gasteiger partial charge in [0.2, 0.25) is 10.0 Å². The third-order valence-corrected chi connectivity index (χ3v) is 6.01. The molecule has 0 aromatic heterocycles. The van der Waals surface area contributed by atoms with E-state index in [1.807, 2.05) is 32.0 Å². The van der Waals surface area contributed by atoms with Gasteiger partial charge in [0.1, 0.15) is 5.75 Å². The highest BCUT2D eigenvalue weighted by molar-refractivity contribution is 7.89. The van der Waals surface area contributed by atoms with Crippen molar-refractivity contribution in [2.24, 2.45) is 4.99 Å². The summed E-state index contributed by atoms with van der Waals surface area (Å²) >= 11 is 0. The van der Waals surface area contributed by atoms with E-state index in [0.29, 0.717) is 45.2 Å². The molecular weight excluding hydrogens is 340 g/mol. The van der Waals surface area contributed by atoms with E-state index < -0.39 is 10.0 Å². The minimum atomic E-state index is -3.05. The topological polar surface area (TPSA) is 83.0 Å². The summed E-state index contributed by atoms with van der Waals surface area (Å²) in [6, 6.07) is 6.11. The first-order chi connectivity index (χ1) is 12.0. The Kier molecular flexibility index (Phi) is 7.07. The maximum absolute atomic E-state index is 11.8. The van der Waals surface area contributed by atoms with Gasteiger partial charge < -0.3 is 15.4 Å². The Morgan fingerprint density at radius 3 is 2.80 bits per heavy atom. The molecule has 2 rings (SSSR count). The van der Waals surface area contributed by atoms with Gasteiger partial charge in [-0.25, -0.2) is 12.7 Å². The second kappa shape index (κ2) is 9.05. The Bertz CT molecular complexity index is 704. The van der Waals surface area contributed by atoms with Crippen molar-refractivity contribution in [3.63, 3.8) is 0 Å². The van der Waals surface area contributed by atoms with Crippen LogP contribution in [0.3, 0.4) is 0 Å². The molecule has 1 saturated heterocycles. The first-order valence-electron chi connectivity index (χ1n) is 8.61. The third kappa shape index (κ3) is 5.61. The monoisotopic (exact) mass is 368 g/mol. The van der Waals surface area contributed by atoms with Gasteiger partial charge in [0, 0.05) is 38.8 Å². The van der Waals surface area contributed by atoms with Crippen LogP contribution in [0.25, 0.3) is 0 Å². The first-order valence-corrected chi connectivity index (χ1v) is 10.2. The average molecular weight is 369 g/mol. The molecule has 0 bridgehead atoms. The van der Waals surface area contributed by atoms with Crippen LogP contribution >= 0.6 is 0 Å². The predicted octanol–water partition coefficient (Wildman–Crippen LogP) is 1.09. The Hall–Kier alpha value is -1.80. The summed E-state index contributed by atoms with van der Waals surface area (Å²) in [5.41, 5.74) is 2.21. The van der Waals surface area contributed by atoms with Crippen LogP contribution in [-0.4, -0.2) is 57.7 Å². The van der Waals surface area contributed by atoms with E-state index in [0.717, 1.165) is 16.9 Å². The van der Waals surface area contributed by atoms with E-state index >= 15 is 0 Å². The fourth-order valence-electron chi connectivity index (χ4n) is 2.74. The van der Waals surface area contributed by atoms with Crippen molar-refractivity contribution in [3.05, 3.63) is 29.3 Å². The molecule has 0 spiro atoms. The number of nitrogens with zero attached hydrogens (tertiary/aromatic N) is 2. The summed E-state index contributed by atoms with van der Waals surface area (Å²) in [7, 11) is -1.35. The molecule has 140 valence electrons. The highest BCUT2D eigenvalue weighted by Crippen LogP contribution is 2.20. The van der Waals surface area contributed by atoms with E-state index in [4.69, 9.17) is 4.74 Å². The molecule has 1 aliphatic heterocycles. The van der Waals surface area contributed by atoms with Crippen molar-refractivity contribution in [1.29, 1.82) is 0 Å². The van der Waals surface area contributed by atoms with Gasteiger partial charge in [0.25, 0.3) is 0 Å². The summed E-state index contributed by atoms with van der Waals surface area (Å²) in [5.74, 6) is 1.77. The van der Waals surface area contributed by atoms with E-state index in [2.05, 4.69) is 15.6 Å². The highest BCUT2D eigenvalue weighted by atomic mass is 32.2. The molecule has 1 fully saturated rings. The molecule has 0 aliphatic carbocycles. The molecule has 1 aliphatic rings. The molecule has 0 saturated carbocycles. The lowest BCUT2D eigenvalue weighted by Gasteiger charge is -2.17. The number of nitrogens with one attached hydrogen (secondary N) is 2. The SMILES string of the molecule is CCOc1cc(C)ccc1CNC(=NC)NCCN1CCCS1(=O)=O. The van der Waals surface area contributed by atoms with Gasteiger partial charge in [-0.3, -0.25) is 4.99 Å². The van der Waals surface area contributed by atoms with Gasteiger partial charge >= 0.3 is 0 Å². The lowest BCUT2D eigenvalue weighted by Crippen LogP contribution is -2.41. The van der Waals surface area contributed by atoms with Crippen molar-refractivity contribution < 1.29 is 13.2 Å². The molecule has 8 heteroatoms. The van der Waals surface area contributed by atoms with Crippen LogP contribution in [0, 0.1) is 6.92 Å². The summed E-state index contributed by atoms with van der Waals surface area (Å²) in [5, 5.41) is 6.40. The van der Waals surface area contributed by atoms with Gasteiger partial charge in [-0.15, -0.1) is 0 Å². The fraction of sp³-hybridized carbons (Fsp3) is 0.588. The maximum atomic E-state index is 11.8. The molecule has 2 N–H and O–H groups in total. The van der Waals surface area contributed by atoms with Crippen LogP contribution in [0.4, 0.5) is 0 Å². The minimum absolute atomic E-state index is 0.258. The van der Waals surface area contributed by atoms with Crippen molar-refractivity contribution >= 4 is 16.0 Å². The molecular formula is C17H28N4O3S. The molecule has 0 amide bonds. The molecule has 1 heterocycles. The highest BCUT2D eigenvalue weighted by Gasteiger charge is 2.27. The number of ether oxygens (including phenoxy) is 1. The number of guanidine groups is 1. The zero-order valence-corrected chi connectivity index (χ0v) is 16.0. The van der Waals surface area contributed by atoms with Crippen LogP contribution < -0.4 is 15.4 Å². The maximum Gasteiger partial charge on any atom is 0.214 e. The van der Waals surface area contributed by atoms with Gasteiger partial charge in [-0.05, 0) is 31.9 Å². The standard InChI is InChI=1S/C17H28N4O3S/c1-4-24-16-12-14(2)6-7-15(16)13-20-17(18-3)19-8-10-21-9-5-11-25(21,22)23/h6-7,12H,4-5,8-11,13H2,1-3H3,(H2,18,19,20). The van der Waals surface area contributed by atoms with Gasteiger partial charge in [0.15, 0.2) is 5.96 Å². The summed E-state index contributed by atoms with van der Waals surface area (Å²) in [6.45, 7) is 6.78. The molecule has 0 atom stereocenters. The van der Waals surface area contributed by atoms with Gasteiger partial charge in [-0.2, -0.15) is 0 Å². The van der Waals surface area contributed by atoms with E-state index in [1.54, 1.807) is 7.05 Å². The van der Waals surface area contributed by atoms with E-state index in [1.165, 1.54) is 4.31 Å². The van der Waals surface area contributed by atoms with Crippen LogP contribution in [0.1, 0.15) is 24.5 Å². The smallest absolute Gasteiger partial charge is 0.214 e. The Morgan fingerprint density at radius 1 is 1.36 bits per heavy atom. The van der Waals surface area contributed by atoms with Gasteiger partial charge in [0.05, 0.1) is 12.4 Å². The van der Waals surface area contributed by atoms with Crippen LogP contribution in [0.5, 0.6) is 5.75 Å². The Labute approximate surface area is 150 Å². The predicted molar refractivity (Wildman–Crippen MR) is 101 cm³/mol. The van der Waals surface area contributed by atoms with Crippen LogP contribution in [-0.2, 0) is 16.6 Å². The molecule has 7 nitrogen and oxygen atoms in total. The Morgan fingerprint density at radius 2 is 2.16 bits per heavy atom. The Balaban J connectivity index is 1.84. The normalized spacial score (nSPS) is 17.5. The number of hydrogen-bond donors (Lipinski definition) is 2. The van der Waals surface area contributed by atoms with E-state index in [-0.39, 0.29) is 5.75 Å².